The SMILES string of the molecule is COc1cc(O)c2c(C(=O)O)cccc2c1. The van der Waals surface area contributed by atoms with Crippen LogP contribution in [0.4, 0.5) is 0 Å². The van der Waals surface area contributed by atoms with E-state index in [1.807, 2.05) is 0 Å². The number of carbonyl (C=O) groups is 1. The van der Waals surface area contributed by atoms with Gasteiger partial charge in [0.15, 0.2) is 0 Å². The first-order valence-electron chi connectivity index (χ1n) is 4.66. The van der Waals surface area contributed by atoms with E-state index in [-0.39, 0.29) is 11.3 Å². The first kappa shape index (κ1) is 10.3. The van der Waals surface area contributed by atoms with Gasteiger partial charge in [-0.15, -0.1) is 0 Å². The number of fused-ring (bicyclic) bond motifs is 1. The van der Waals surface area contributed by atoms with Crippen LogP contribution in [0.3, 0.4) is 0 Å². The van der Waals surface area contributed by atoms with Crippen LogP contribution < -0.4 is 4.74 Å². The topological polar surface area (TPSA) is 66.8 Å². The predicted octanol–water partition coefficient (Wildman–Crippen LogP) is 2.25. The van der Waals surface area contributed by atoms with E-state index in [1.54, 1.807) is 18.2 Å². The van der Waals surface area contributed by atoms with Crippen LogP contribution in [-0.2, 0) is 0 Å². The van der Waals surface area contributed by atoms with Gasteiger partial charge in [-0.1, -0.05) is 12.1 Å². The summed E-state index contributed by atoms with van der Waals surface area (Å²) in [5.41, 5.74) is 0.0812. The fraction of sp³-hybridized carbons (Fsp3) is 0.0833. The summed E-state index contributed by atoms with van der Waals surface area (Å²) in [4.78, 5) is 11.0. The Bertz CT molecular complexity index is 560. The Labute approximate surface area is 91.7 Å². The minimum Gasteiger partial charge on any atom is -0.507 e. The maximum absolute atomic E-state index is 11.0. The normalized spacial score (nSPS) is 10.3. The molecule has 0 bridgehead atoms. The van der Waals surface area contributed by atoms with Gasteiger partial charge in [-0.05, 0) is 17.5 Å². The molecule has 0 aliphatic heterocycles. The molecule has 0 heterocycles. The van der Waals surface area contributed by atoms with Crippen LogP contribution in [-0.4, -0.2) is 23.3 Å². The third kappa shape index (κ3) is 1.54. The van der Waals surface area contributed by atoms with Crippen LogP contribution >= 0.6 is 0 Å². The second-order valence-electron chi connectivity index (χ2n) is 3.36. The van der Waals surface area contributed by atoms with Gasteiger partial charge in [-0.3, -0.25) is 0 Å². The van der Waals surface area contributed by atoms with Crippen LogP contribution in [0.1, 0.15) is 10.4 Å². The number of carboxylic acids is 1. The summed E-state index contributed by atoms with van der Waals surface area (Å²) in [6.45, 7) is 0. The van der Waals surface area contributed by atoms with Gasteiger partial charge in [-0.2, -0.15) is 0 Å². The molecule has 2 rings (SSSR count). The van der Waals surface area contributed by atoms with Crippen molar-refractivity contribution in [3.63, 3.8) is 0 Å². The molecule has 0 amide bonds. The zero-order chi connectivity index (χ0) is 11.7. The van der Waals surface area contributed by atoms with E-state index in [2.05, 4.69) is 0 Å². The third-order valence-electron chi connectivity index (χ3n) is 2.40. The Morgan fingerprint density at radius 3 is 2.69 bits per heavy atom. The van der Waals surface area contributed by atoms with E-state index in [1.165, 1.54) is 19.2 Å². The van der Waals surface area contributed by atoms with Crippen molar-refractivity contribution in [2.75, 3.05) is 7.11 Å². The van der Waals surface area contributed by atoms with E-state index in [4.69, 9.17) is 9.84 Å². The highest BCUT2D eigenvalue weighted by atomic mass is 16.5. The molecule has 0 spiro atoms. The lowest BCUT2D eigenvalue weighted by atomic mass is 10.0. The summed E-state index contributed by atoms with van der Waals surface area (Å²) in [7, 11) is 1.49. The minimum absolute atomic E-state index is 0.0812. The van der Waals surface area contributed by atoms with E-state index < -0.39 is 5.97 Å². The molecule has 0 aliphatic carbocycles. The highest BCUT2D eigenvalue weighted by Crippen LogP contribution is 2.32. The van der Waals surface area contributed by atoms with Crippen molar-refractivity contribution in [1.82, 2.24) is 0 Å². The summed E-state index contributed by atoms with van der Waals surface area (Å²) >= 11 is 0. The molecule has 16 heavy (non-hydrogen) atoms. The lowest BCUT2D eigenvalue weighted by Crippen LogP contribution is -1.97. The van der Waals surface area contributed by atoms with E-state index in [9.17, 15) is 9.90 Å². The molecule has 0 radical (unpaired) electrons. The molecule has 0 aliphatic rings. The Morgan fingerprint density at radius 1 is 1.31 bits per heavy atom. The monoisotopic (exact) mass is 218 g/mol. The van der Waals surface area contributed by atoms with Crippen molar-refractivity contribution in [3.05, 3.63) is 35.9 Å². The van der Waals surface area contributed by atoms with Gasteiger partial charge in [-0.25, -0.2) is 4.79 Å². The number of phenols is 1. The molecule has 0 unspecified atom stereocenters. The Kier molecular flexibility index (Phi) is 2.40. The van der Waals surface area contributed by atoms with Gasteiger partial charge in [0.1, 0.15) is 11.5 Å². The van der Waals surface area contributed by atoms with Gasteiger partial charge in [0, 0.05) is 11.5 Å². The second-order valence-corrected chi connectivity index (χ2v) is 3.36. The maximum atomic E-state index is 11.0. The van der Waals surface area contributed by atoms with Gasteiger partial charge < -0.3 is 14.9 Å². The van der Waals surface area contributed by atoms with Gasteiger partial charge in [0.05, 0.1) is 12.7 Å². The van der Waals surface area contributed by atoms with Crippen LogP contribution in [0.25, 0.3) is 10.8 Å². The van der Waals surface area contributed by atoms with E-state index >= 15 is 0 Å². The lowest BCUT2D eigenvalue weighted by molar-refractivity contribution is 0.0698. The molecular weight excluding hydrogens is 208 g/mol. The Morgan fingerprint density at radius 2 is 2.06 bits per heavy atom. The standard InChI is InChI=1S/C12H10O4/c1-16-8-5-7-3-2-4-9(12(14)15)11(7)10(13)6-8/h2-6,13H,1H3,(H,14,15). The van der Waals surface area contributed by atoms with Crippen LogP contribution in [0.5, 0.6) is 11.5 Å². The summed E-state index contributed by atoms with van der Waals surface area (Å²) in [5, 5.41) is 19.7. The van der Waals surface area contributed by atoms with E-state index in [0.29, 0.717) is 16.5 Å². The molecule has 0 saturated carbocycles. The third-order valence-corrected chi connectivity index (χ3v) is 2.40. The predicted molar refractivity (Wildman–Crippen MR) is 59.1 cm³/mol. The number of hydrogen-bond donors (Lipinski definition) is 2. The molecule has 2 aromatic carbocycles. The van der Waals surface area contributed by atoms with Gasteiger partial charge >= 0.3 is 5.97 Å². The summed E-state index contributed by atoms with van der Waals surface area (Å²) in [5.74, 6) is -0.661. The van der Waals surface area contributed by atoms with Gasteiger partial charge in [0.2, 0.25) is 0 Å². The zero-order valence-electron chi connectivity index (χ0n) is 8.60. The summed E-state index contributed by atoms with van der Waals surface area (Å²) < 4.78 is 5.00. The van der Waals surface area contributed by atoms with Crippen LogP contribution in [0.2, 0.25) is 0 Å². The van der Waals surface area contributed by atoms with Crippen molar-refractivity contribution in [2.45, 2.75) is 0 Å². The molecule has 4 nitrogen and oxygen atoms in total. The molecular formula is C12H10O4. The molecule has 2 N–H and O–H groups in total. The molecule has 0 saturated heterocycles. The second kappa shape index (κ2) is 3.73. The van der Waals surface area contributed by atoms with Gasteiger partial charge in [0.25, 0.3) is 0 Å². The van der Waals surface area contributed by atoms with Crippen LogP contribution in [0, 0.1) is 0 Å². The Balaban J connectivity index is 2.83. The quantitative estimate of drug-likeness (QED) is 0.811. The molecule has 0 fully saturated rings. The largest absolute Gasteiger partial charge is 0.507 e. The number of ether oxygens (including phenoxy) is 1. The summed E-state index contributed by atoms with van der Waals surface area (Å²) in [6.07, 6.45) is 0. The number of phenolic OH excluding ortho intramolecular Hbond substituents is 1. The average Bonchev–Trinajstić information content (AvgIpc) is 2.27. The van der Waals surface area contributed by atoms with Crippen molar-refractivity contribution < 1.29 is 19.7 Å². The maximum Gasteiger partial charge on any atom is 0.336 e. The minimum atomic E-state index is -1.06. The number of rotatable bonds is 2. The fourth-order valence-corrected chi connectivity index (χ4v) is 1.67. The van der Waals surface area contributed by atoms with Crippen molar-refractivity contribution in [2.24, 2.45) is 0 Å². The highest BCUT2D eigenvalue weighted by Gasteiger charge is 2.12. The molecule has 0 atom stereocenters. The molecule has 2 aromatic rings. The van der Waals surface area contributed by atoms with Crippen molar-refractivity contribution in [1.29, 1.82) is 0 Å². The number of aromatic hydroxyl groups is 1. The number of benzene rings is 2. The molecule has 82 valence electrons. The zero-order valence-corrected chi connectivity index (χ0v) is 8.60. The average molecular weight is 218 g/mol. The van der Waals surface area contributed by atoms with Crippen molar-refractivity contribution in [3.8, 4) is 11.5 Å². The smallest absolute Gasteiger partial charge is 0.336 e. The highest BCUT2D eigenvalue weighted by molar-refractivity contribution is 6.06. The Hall–Kier alpha value is -2.23. The van der Waals surface area contributed by atoms with Crippen molar-refractivity contribution >= 4 is 16.7 Å². The molecule has 0 aromatic heterocycles. The number of hydrogen-bond acceptors (Lipinski definition) is 3. The first-order valence-corrected chi connectivity index (χ1v) is 4.66. The number of methoxy groups -OCH3 is 1. The molecule has 4 heteroatoms. The fourth-order valence-electron chi connectivity index (χ4n) is 1.67. The number of aromatic carboxylic acids is 1. The summed E-state index contributed by atoms with van der Waals surface area (Å²) in [6, 6.07) is 7.89. The number of carboxylic acid groups (broad SMARTS) is 1. The van der Waals surface area contributed by atoms with E-state index in [0.717, 1.165) is 0 Å². The first-order chi connectivity index (χ1) is 7.63. The van der Waals surface area contributed by atoms with Crippen LogP contribution in [0.15, 0.2) is 30.3 Å². The lowest BCUT2D eigenvalue weighted by Gasteiger charge is -2.07.